The van der Waals surface area contributed by atoms with Crippen LogP contribution in [0.4, 0.5) is 5.69 Å². The Morgan fingerprint density at radius 1 is 1.04 bits per heavy atom. The summed E-state index contributed by atoms with van der Waals surface area (Å²) in [5, 5.41) is 20.8. The van der Waals surface area contributed by atoms with Crippen molar-refractivity contribution in [1.29, 1.82) is 0 Å². The summed E-state index contributed by atoms with van der Waals surface area (Å²) < 4.78 is 5.59. The van der Waals surface area contributed by atoms with E-state index in [1.54, 1.807) is 24.3 Å². The molecule has 1 aromatic carbocycles. The number of aryl methyl sites for hydroxylation is 1. The Hall–Kier alpha value is -2.41. The summed E-state index contributed by atoms with van der Waals surface area (Å²) in [6, 6.07) is 6.90. The minimum atomic E-state index is -0.994. The van der Waals surface area contributed by atoms with Gasteiger partial charge in [0.05, 0.1) is 24.0 Å². The first kappa shape index (κ1) is 16.4. The molecule has 1 aromatic rings. The maximum absolute atomic E-state index is 12.5. The Kier molecular flexibility index (Phi) is 4.53. The van der Waals surface area contributed by atoms with Crippen LogP contribution < -0.4 is 5.32 Å². The third-order valence-electron chi connectivity index (χ3n) is 4.71. The van der Waals surface area contributed by atoms with Gasteiger partial charge in [-0.1, -0.05) is 12.1 Å². The van der Waals surface area contributed by atoms with Crippen molar-refractivity contribution in [2.45, 2.75) is 37.9 Å². The van der Waals surface area contributed by atoms with Gasteiger partial charge in [0.1, 0.15) is 0 Å². The Labute approximate surface area is 138 Å². The number of aliphatic carboxylic acids is 2. The van der Waals surface area contributed by atoms with Gasteiger partial charge in [0.25, 0.3) is 0 Å². The second-order valence-corrected chi connectivity index (χ2v) is 6.26. The normalized spacial score (nSPS) is 27.8. The molecule has 7 heteroatoms. The monoisotopic (exact) mass is 333 g/mol. The molecule has 2 unspecified atom stereocenters. The lowest BCUT2D eigenvalue weighted by molar-refractivity contribution is -0.147. The fourth-order valence-corrected chi connectivity index (χ4v) is 3.56. The van der Waals surface area contributed by atoms with E-state index in [1.807, 2.05) is 0 Å². The van der Waals surface area contributed by atoms with Gasteiger partial charge in [0, 0.05) is 12.1 Å². The molecule has 2 saturated heterocycles. The van der Waals surface area contributed by atoms with Gasteiger partial charge in [0.15, 0.2) is 0 Å². The van der Waals surface area contributed by atoms with Gasteiger partial charge in [-0.3, -0.25) is 14.4 Å². The van der Waals surface area contributed by atoms with Crippen LogP contribution in [0, 0.1) is 11.8 Å². The van der Waals surface area contributed by atoms with Crippen molar-refractivity contribution >= 4 is 23.5 Å². The maximum atomic E-state index is 12.5. The zero-order valence-electron chi connectivity index (χ0n) is 13.0. The van der Waals surface area contributed by atoms with E-state index in [1.165, 1.54) is 0 Å². The predicted molar refractivity (Wildman–Crippen MR) is 83.5 cm³/mol. The van der Waals surface area contributed by atoms with Crippen LogP contribution in [0.15, 0.2) is 24.3 Å². The molecule has 0 spiro atoms. The zero-order valence-corrected chi connectivity index (χ0v) is 13.0. The highest BCUT2D eigenvalue weighted by Crippen LogP contribution is 2.44. The first-order valence-electron chi connectivity index (χ1n) is 7.95. The van der Waals surface area contributed by atoms with Crippen LogP contribution in [0.1, 0.15) is 24.8 Å². The summed E-state index contributed by atoms with van der Waals surface area (Å²) in [6.07, 6.45) is 1.16. The summed E-state index contributed by atoms with van der Waals surface area (Å²) in [5.74, 6) is -3.66. The molecule has 4 atom stereocenters. The fourth-order valence-electron chi connectivity index (χ4n) is 3.56. The van der Waals surface area contributed by atoms with E-state index in [9.17, 15) is 19.5 Å². The van der Waals surface area contributed by atoms with Gasteiger partial charge in [0.2, 0.25) is 5.91 Å². The van der Waals surface area contributed by atoms with Gasteiger partial charge < -0.3 is 20.3 Å². The lowest BCUT2D eigenvalue weighted by Gasteiger charge is -2.23. The zero-order chi connectivity index (χ0) is 17.3. The van der Waals surface area contributed by atoms with E-state index in [2.05, 4.69) is 5.32 Å². The van der Waals surface area contributed by atoms with Crippen LogP contribution in [0.5, 0.6) is 0 Å². The number of carbonyl (C=O) groups excluding carboxylic acids is 1. The number of ether oxygens (including phenoxy) is 1. The second kappa shape index (κ2) is 6.60. The molecular weight excluding hydrogens is 314 g/mol. The molecule has 2 bridgehead atoms. The Morgan fingerprint density at radius 2 is 1.67 bits per heavy atom. The number of carboxylic acid groups (broad SMARTS) is 2. The highest BCUT2D eigenvalue weighted by molar-refractivity contribution is 5.96. The molecule has 2 aliphatic heterocycles. The second-order valence-electron chi connectivity index (χ2n) is 6.26. The number of benzene rings is 1. The Bertz CT molecular complexity index is 656. The van der Waals surface area contributed by atoms with E-state index in [-0.39, 0.29) is 24.5 Å². The quantitative estimate of drug-likeness (QED) is 0.727. The molecule has 0 aromatic heterocycles. The van der Waals surface area contributed by atoms with Crippen LogP contribution in [0.3, 0.4) is 0 Å². The van der Waals surface area contributed by atoms with Crippen LogP contribution in [0.2, 0.25) is 0 Å². The van der Waals surface area contributed by atoms with Crippen molar-refractivity contribution in [3.8, 4) is 0 Å². The first-order valence-corrected chi connectivity index (χ1v) is 7.95. The highest BCUT2D eigenvalue weighted by atomic mass is 16.5. The standard InChI is InChI=1S/C17H19NO6/c19-13(20)8-3-9-1-4-10(5-2-9)18-16(21)14-11-6-7-12(24-11)15(14)17(22)23/h1-2,4-5,11-12,14-15H,3,6-8H2,(H,18,21)(H,19,20)(H,22,23)/t11-,12-,14?,15?/m1/s1. The first-order chi connectivity index (χ1) is 11.5. The largest absolute Gasteiger partial charge is 0.481 e. The van der Waals surface area contributed by atoms with Crippen molar-refractivity contribution in [2.75, 3.05) is 5.32 Å². The third-order valence-corrected chi connectivity index (χ3v) is 4.71. The van der Waals surface area contributed by atoms with Gasteiger partial charge in [-0.05, 0) is 37.0 Å². The number of carbonyl (C=O) groups is 3. The number of carboxylic acids is 2. The lowest BCUT2D eigenvalue weighted by Crippen LogP contribution is -2.40. The van der Waals surface area contributed by atoms with Crippen molar-refractivity contribution in [2.24, 2.45) is 11.8 Å². The molecular formula is C17H19NO6. The number of anilines is 1. The van der Waals surface area contributed by atoms with E-state index in [0.29, 0.717) is 24.9 Å². The smallest absolute Gasteiger partial charge is 0.310 e. The molecule has 3 N–H and O–H groups in total. The van der Waals surface area contributed by atoms with Crippen molar-refractivity contribution < 1.29 is 29.3 Å². The van der Waals surface area contributed by atoms with E-state index in [0.717, 1.165) is 5.56 Å². The van der Waals surface area contributed by atoms with E-state index in [4.69, 9.17) is 9.84 Å². The topological polar surface area (TPSA) is 113 Å². The molecule has 128 valence electrons. The highest BCUT2D eigenvalue weighted by Gasteiger charge is 2.55. The van der Waals surface area contributed by atoms with Gasteiger partial charge in [-0.2, -0.15) is 0 Å². The maximum Gasteiger partial charge on any atom is 0.310 e. The van der Waals surface area contributed by atoms with Crippen LogP contribution in [0.25, 0.3) is 0 Å². The molecule has 0 radical (unpaired) electrons. The molecule has 0 aliphatic carbocycles. The SMILES string of the molecule is O=C(O)CCc1ccc(NC(=O)C2C(C(=O)O)[C@H]3CC[C@H]2O3)cc1. The number of hydrogen-bond donors (Lipinski definition) is 3. The molecule has 1 amide bonds. The van der Waals surface area contributed by atoms with Crippen molar-refractivity contribution in [3.63, 3.8) is 0 Å². The fraction of sp³-hybridized carbons (Fsp3) is 0.471. The van der Waals surface area contributed by atoms with Crippen molar-refractivity contribution in [1.82, 2.24) is 0 Å². The summed E-state index contributed by atoms with van der Waals surface area (Å²) in [5.41, 5.74) is 1.42. The molecule has 0 saturated carbocycles. The third kappa shape index (κ3) is 3.26. The molecule has 3 rings (SSSR count). The molecule has 24 heavy (non-hydrogen) atoms. The molecule has 2 aliphatic rings. The average molecular weight is 333 g/mol. The number of hydrogen-bond acceptors (Lipinski definition) is 4. The number of fused-ring (bicyclic) bond motifs is 2. The van der Waals surface area contributed by atoms with Crippen LogP contribution in [-0.4, -0.2) is 40.3 Å². The average Bonchev–Trinajstić information content (AvgIpc) is 3.15. The minimum Gasteiger partial charge on any atom is -0.481 e. The minimum absolute atomic E-state index is 0.0501. The van der Waals surface area contributed by atoms with Gasteiger partial charge in [-0.25, -0.2) is 0 Å². The summed E-state index contributed by atoms with van der Waals surface area (Å²) in [4.78, 5) is 34.5. The molecule has 7 nitrogen and oxygen atoms in total. The van der Waals surface area contributed by atoms with Gasteiger partial charge >= 0.3 is 11.9 Å². The van der Waals surface area contributed by atoms with Crippen LogP contribution >= 0.6 is 0 Å². The van der Waals surface area contributed by atoms with Crippen LogP contribution in [-0.2, 0) is 25.5 Å². The summed E-state index contributed by atoms with van der Waals surface area (Å²) in [7, 11) is 0. The molecule has 2 fully saturated rings. The Balaban J connectivity index is 1.64. The van der Waals surface area contributed by atoms with E-state index < -0.39 is 23.8 Å². The Morgan fingerprint density at radius 3 is 2.25 bits per heavy atom. The van der Waals surface area contributed by atoms with E-state index >= 15 is 0 Å². The summed E-state index contributed by atoms with van der Waals surface area (Å²) in [6.45, 7) is 0. The predicted octanol–water partition coefficient (Wildman–Crippen LogP) is 1.52. The number of amides is 1. The van der Waals surface area contributed by atoms with Gasteiger partial charge in [-0.15, -0.1) is 0 Å². The molecule has 2 heterocycles. The lowest BCUT2D eigenvalue weighted by atomic mass is 9.78. The number of rotatable bonds is 6. The van der Waals surface area contributed by atoms with Crippen molar-refractivity contribution in [3.05, 3.63) is 29.8 Å². The summed E-state index contributed by atoms with van der Waals surface area (Å²) >= 11 is 0. The number of nitrogens with one attached hydrogen (secondary N) is 1.